The molecule has 0 amide bonds. The zero-order valence-electron chi connectivity index (χ0n) is 17.9. The average Bonchev–Trinajstić information content (AvgIpc) is 2.80. The maximum Gasteiger partial charge on any atom is 0.182 e. The summed E-state index contributed by atoms with van der Waals surface area (Å²) in [4.78, 5) is 22.1. The van der Waals surface area contributed by atoms with Gasteiger partial charge in [-0.3, -0.25) is 4.98 Å². The van der Waals surface area contributed by atoms with E-state index >= 15 is 0 Å². The topological polar surface area (TPSA) is 73.7 Å². The van der Waals surface area contributed by atoms with Gasteiger partial charge in [-0.15, -0.1) is 0 Å². The minimum Gasteiger partial charge on any atom is -0.381 e. The van der Waals surface area contributed by atoms with Crippen molar-refractivity contribution in [1.82, 2.24) is 24.9 Å². The maximum atomic E-state index is 14.5. The van der Waals surface area contributed by atoms with E-state index in [0.717, 1.165) is 24.2 Å². The van der Waals surface area contributed by atoms with Crippen molar-refractivity contribution in [2.24, 2.45) is 0 Å². The van der Waals surface area contributed by atoms with Crippen LogP contribution in [-0.2, 0) is 4.74 Å². The highest BCUT2D eigenvalue weighted by atomic mass is 35.5. The van der Waals surface area contributed by atoms with Crippen LogP contribution < -0.4 is 0 Å². The molecule has 0 bridgehead atoms. The molecule has 1 aliphatic rings. The van der Waals surface area contributed by atoms with Gasteiger partial charge in [-0.25, -0.2) is 24.3 Å². The van der Waals surface area contributed by atoms with Gasteiger partial charge in [-0.05, 0) is 57.0 Å². The normalized spacial score (nSPS) is 14.1. The Balaban J connectivity index is 0.000000300. The van der Waals surface area contributed by atoms with Crippen LogP contribution in [0.25, 0.3) is 22.4 Å². The molecule has 0 spiro atoms. The van der Waals surface area contributed by atoms with Gasteiger partial charge in [0.05, 0.1) is 5.69 Å². The first-order chi connectivity index (χ1) is 15.5. The van der Waals surface area contributed by atoms with Crippen molar-refractivity contribution in [3.63, 3.8) is 0 Å². The van der Waals surface area contributed by atoms with Gasteiger partial charge in [0.15, 0.2) is 5.65 Å². The Morgan fingerprint density at radius 3 is 2.44 bits per heavy atom. The van der Waals surface area contributed by atoms with E-state index in [1.54, 1.807) is 24.5 Å². The van der Waals surface area contributed by atoms with E-state index in [2.05, 4.69) is 24.9 Å². The number of aromatic nitrogens is 5. The molecule has 8 heteroatoms. The quantitative estimate of drug-likeness (QED) is 0.402. The van der Waals surface area contributed by atoms with Crippen LogP contribution >= 0.6 is 11.6 Å². The summed E-state index contributed by atoms with van der Waals surface area (Å²) in [6, 6.07) is 10.4. The number of nitrogens with zero attached hydrogens (tertiary/aromatic N) is 5. The largest absolute Gasteiger partial charge is 0.381 e. The highest BCUT2D eigenvalue weighted by molar-refractivity contribution is 6.30. The van der Waals surface area contributed by atoms with Crippen molar-refractivity contribution in [2.45, 2.75) is 32.6 Å². The molecule has 0 saturated carbocycles. The van der Waals surface area contributed by atoms with Crippen molar-refractivity contribution < 1.29 is 9.13 Å². The molecule has 4 heterocycles. The number of rotatable bonds is 2. The molecular formula is C24H23ClFN5O. The molecular weight excluding hydrogens is 429 g/mol. The number of aryl methyl sites for hydroxylation is 2. The molecule has 0 radical (unpaired) electrons. The molecule has 0 atom stereocenters. The van der Waals surface area contributed by atoms with Gasteiger partial charge in [0.1, 0.15) is 22.9 Å². The van der Waals surface area contributed by atoms with Gasteiger partial charge in [0, 0.05) is 47.8 Å². The molecule has 0 unspecified atom stereocenters. The number of ether oxygens (including phenoxy) is 1. The number of pyridine rings is 1. The van der Waals surface area contributed by atoms with Crippen molar-refractivity contribution in [1.29, 1.82) is 0 Å². The van der Waals surface area contributed by atoms with Crippen LogP contribution in [0.15, 0.2) is 48.8 Å². The Hall–Kier alpha value is -3.03. The first kappa shape index (κ1) is 22.2. The van der Waals surface area contributed by atoms with Crippen LogP contribution in [-0.4, -0.2) is 38.1 Å². The predicted molar refractivity (Wildman–Crippen MR) is 122 cm³/mol. The van der Waals surface area contributed by atoms with Crippen molar-refractivity contribution >= 4 is 22.8 Å². The van der Waals surface area contributed by atoms with E-state index in [0.29, 0.717) is 46.5 Å². The number of fused-ring (bicyclic) bond motifs is 1. The van der Waals surface area contributed by atoms with Crippen molar-refractivity contribution in [3.05, 3.63) is 76.8 Å². The standard InChI is InChI=1S/C18H16ClFN4O.C6H7N/c1-10-9-21-16-15(13-3-2-12(19)8-14(13)20)23-17(24-18(16)22-10)11-4-6-25-7-5-11;1-6-4-2-3-5-7-6/h2-3,8-9,11H,4-7H2,1H3;2-5H,1H3. The molecule has 1 saturated heterocycles. The lowest BCUT2D eigenvalue weighted by Crippen LogP contribution is -2.17. The van der Waals surface area contributed by atoms with Crippen LogP contribution in [0.5, 0.6) is 0 Å². The Morgan fingerprint density at radius 2 is 1.78 bits per heavy atom. The zero-order valence-corrected chi connectivity index (χ0v) is 18.7. The predicted octanol–water partition coefficient (Wildman–Crippen LogP) is 5.47. The molecule has 1 aromatic carbocycles. The van der Waals surface area contributed by atoms with E-state index in [1.807, 2.05) is 32.0 Å². The van der Waals surface area contributed by atoms with E-state index in [-0.39, 0.29) is 5.92 Å². The molecule has 164 valence electrons. The zero-order chi connectivity index (χ0) is 22.5. The Morgan fingerprint density at radius 1 is 0.969 bits per heavy atom. The fourth-order valence-electron chi connectivity index (χ4n) is 3.47. The highest BCUT2D eigenvalue weighted by Crippen LogP contribution is 2.31. The van der Waals surface area contributed by atoms with Crippen molar-refractivity contribution in [2.75, 3.05) is 13.2 Å². The van der Waals surface area contributed by atoms with Gasteiger partial charge in [0.25, 0.3) is 0 Å². The smallest absolute Gasteiger partial charge is 0.182 e. The average molecular weight is 452 g/mol. The first-order valence-corrected chi connectivity index (χ1v) is 10.8. The van der Waals surface area contributed by atoms with E-state index in [9.17, 15) is 4.39 Å². The first-order valence-electron chi connectivity index (χ1n) is 10.4. The molecule has 5 rings (SSSR count). The monoisotopic (exact) mass is 451 g/mol. The summed E-state index contributed by atoms with van der Waals surface area (Å²) in [5.41, 5.74) is 3.61. The number of hydrogen-bond acceptors (Lipinski definition) is 6. The number of halogens is 2. The third-order valence-electron chi connectivity index (χ3n) is 5.13. The van der Waals surface area contributed by atoms with E-state index in [1.165, 1.54) is 6.07 Å². The number of hydrogen-bond donors (Lipinski definition) is 0. The summed E-state index contributed by atoms with van der Waals surface area (Å²) in [5.74, 6) is 0.405. The maximum absolute atomic E-state index is 14.5. The summed E-state index contributed by atoms with van der Waals surface area (Å²) in [7, 11) is 0. The van der Waals surface area contributed by atoms with Crippen LogP contribution in [0.2, 0.25) is 5.02 Å². The highest BCUT2D eigenvalue weighted by Gasteiger charge is 2.23. The van der Waals surface area contributed by atoms with Gasteiger partial charge >= 0.3 is 0 Å². The van der Waals surface area contributed by atoms with Gasteiger partial charge < -0.3 is 4.74 Å². The van der Waals surface area contributed by atoms with Gasteiger partial charge in [0.2, 0.25) is 0 Å². The minimum atomic E-state index is -0.437. The summed E-state index contributed by atoms with van der Waals surface area (Å²) < 4.78 is 19.9. The second-order valence-electron chi connectivity index (χ2n) is 7.60. The summed E-state index contributed by atoms with van der Waals surface area (Å²) in [6.07, 6.45) is 5.10. The molecule has 1 fully saturated rings. The third-order valence-corrected chi connectivity index (χ3v) is 5.37. The third kappa shape index (κ3) is 5.23. The lowest BCUT2D eigenvalue weighted by molar-refractivity contribution is 0.0836. The second-order valence-corrected chi connectivity index (χ2v) is 8.03. The molecule has 6 nitrogen and oxygen atoms in total. The summed E-state index contributed by atoms with van der Waals surface area (Å²) in [6.45, 7) is 5.18. The van der Waals surface area contributed by atoms with Crippen LogP contribution in [0.1, 0.15) is 36.0 Å². The molecule has 4 aromatic rings. The Labute approximate surface area is 190 Å². The fourth-order valence-corrected chi connectivity index (χ4v) is 3.63. The lowest BCUT2D eigenvalue weighted by Gasteiger charge is -2.21. The minimum absolute atomic E-state index is 0.176. The molecule has 3 aromatic heterocycles. The van der Waals surface area contributed by atoms with Crippen LogP contribution in [0, 0.1) is 19.7 Å². The summed E-state index contributed by atoms with van der Waals surface area (Å²) in [5, 5.41) is 0.339. The Kier molecular flexibility index (Phi) is 6.97. The van der Waals surface area contributed by atoms with E-state index < -0.39 is 5.82 Å². The molecule has 0 aliphatic carbocycles. The molecule has 1 aliphatic heterocycles. The van der Waals surface area contributed by atoms with E-state index in [4.69, 9.17) is 16.3 Å². The Bertz CT molecular complexity index is 1220. The fraction of sp³-hybridized carbons (Fsp3) is 0.292. The lowest BCUT2D eigenvalue weighted by atomic mass is 9.99. The number of benzene rings is 1. The molecule has 32 heavy (non-hydrogen) atoms. The van der Waals surface area contributed by atoms with Gasteiger partial charge in [-0.2, -0.15) is 0 Å². The van der Waals surface area contributed by atoms with Crippen LogP contribution in [0.3, 0.4) is 0 Å². The molecule has 0 N–H and O–H groups in total. The second kappa shape index (κ2) is 10.1. The van der Waals surface area contributed by atoms with Crippen molar-refractivity contribution in [3.8, 4) is 11.3 Å². The SMILES string of the molecule is Cc1ccccn1.Cc1cnc2c(-c3ccc(Cl)cc3F)nc(C3CCOCC3)nc2n1. The van der Waals surface area contributed by atoms with Crippen LogP contribution in [0.4, 0.5) is 4.39 Å². The van der Waals surface area contributed by atoms with Gasteiger partial charge in [-0.1, -0.05) is 17.7 Å². The summed E-state index contributed by atoms with van der Waals surface area (Å²) >= 11 is 5.88.